The lowest BCUT2D eigenvalue weighted by molar-refractivity contribution is -0.264. The van der Waals surface area contributed by atoms with Gasteiger partial charge in [0.05, 0.1) is 43.1 Å². The first-order valence-electron chi connectivity index (χ1n) is 15.5. The molecular formula is C30H36ClF3N10O4. The Labute approximate surface area is 279 Å². The fourth-order valence-electron chi connectivity index (χ4n) is 5.53. The number of benzene rings is 1. The van der Waals surface area contributed by atoms with Gasteiger partial charge in [-0.05, 0) is 61.7 Å². The van der Waals surface area contributed by atoms with E-state index in [-0.39, 0.29) is 35.7 Å². The molecule has 0 bridgehead atoms. The molecule has 1 atom stereocenters. The topological polar surface area (TPSA) is 139 Å². The molecule has 5 heterocycles. The first kappa shape index (κ1) is 33.8. The molecular weight excluding hydrogens is 657 g/mol. The predicted molar refractivity (Wildman–Crippen MR) is 167 cm³/mol. The van der Waals surface area contributed by atoms with E-state index >= 15 is 0 Å². The molecule has 4 aromatic rings. The summed E-state index contributed by atoms with van der Waals surface area (Å²) in [6.07, 6.45) is 2.98. The molecule has 14 nitrogen and oxygen atoms in total. The molecule has 3 aromatic heterocycles. The van der Waals surface area contributed by atoms with Crippen LogP contribution < -0.4 is 14.8 Å². The van der Waals surface area contributed by atoms with Gasteiger partial charge in [-0.3, -0.25) is 9.58 Å². The summed E-state index contributed by atoms with van der Waals surface area (Å²) in [5.74, 6) is -0.152. The van der Waals surface area contributed by atoms with Crippen molar-refractivity contribution in [2.75, 3.05) is 38.2 Å². The lowest BCUT2D eigenvalue weighted by Gasteiger charge is -2.42. The van der Waals surface area contributed by atoms with Gasteiger partial charge in [-0.15, -0.1) is 10.2 Å². The minimum atomic E-state index is -4.53. The maximum absolute atomic E-state index is 13.1. The molecule has 2 aliphatic rings. The molecule has 0 amide bonds. The van der Waals surface area contributed by atoms with E-state index < -0.39 is 18.6 Å². The van der Waals surface area contributed by atoms with Crippen LogP contribution in [0, 0.1) is 0 Å². The summed E-state index contributed by atoms with van der Waals surface area (Å²) < 4.78 is 65.2. The highest BCUT2D eigenvalue weighted by atomic mass is 35.5. The second-order valence-electron chi connectivity index (χ2n) is 12.2. The van der Waals surface area contributed by atoms with Gasteiger partial charge in [0.1, 0.15) is 23.9 Å². The summed E-state index contributed by atoms with van der Waals surface area (Å²) >= 11 is 6.39. The van der Waals surface area contributed by atoms with Gasteiger partial charge in [0.2, 0.25) is 5.95 Å². The van der Waals surface area contributed by atoms with E-state index in [4.69, 9.17) is 30.5 Å². The Balaban J connectivity index is 1.12. The van der Waals surface area contributed by atoms with Crippen molar-refractivity contribution in [2.24, 2.45) is 0 Å². The van der Waals surface area contributed by atoms with Crippen molar-refractivity contribution in [1.29, 1.82) is 0 Å². The van der Waals surface area contributed by atoms with E-state index in [1.54, 1.807) is 46.2 Å². The van der Waals surface area contributed by atoms with Crippen molar-refractivity contribution in [1.82, 2.24) is 44.9 Å². The van der Waals surface area contributed by atoms with Crippen LogP contribution in [0.3, 0.4) is 0 Å². The zero-order valence-corrected chi connectivity index (χ0v) is 27.4. The molecule has 0 spiro atoms. The smallest absolute Gasteiger partial charge is 0.422 e. The Morgan fingerprint density at radius 2 is 1.81 bits per heavy atom. The van der Waals surface area contributed by atoms with Gasteiger partial charge in [-0.2, -0.15) is 13.2 Å². The number of halogens is 4. The number of rotatable bonds is 11. The third kappa shape index (κ3) is 8.69. The van der Waals surface area contributed by atoms with Crippen LogP contribution in [-0.2, 0) is 16.0 Å². The number of aromatic nitrogens is 8. The number of likely N-dealkylation sites (tertiary alicyclic amines) is 1. The minimum absolute atomic E-state index is 0.0351. The van der Waals surface area contributed by atoms with Crippen molar-refractivity contribution in [3.05, 3.63) is 48.1 Å². The Bertz CT molecular complexity index is 1640. The van der Waals surface area contributed by atoms with Crippen molar-refractivity contribution in [2.45, 2.75) is 70.3 Å². The number of piperidine rings is 1. The molecule has 2 aliphatic heterocycles. The monoisotopic (exact) mass is 692 g/mol. The standard InChI is InChI=1S/C30H36ClF3N10O4/c1-19(13-43-18-37-40-41-43)48-26-10-20(4-5-24(26)31)21-11-35-28(36-12-21)38-25-14-44(39-27(25)45-17-30(32,33)34)22-6-8-42(9-7-22)23-15-46-29(2,3)47-16-23/h4-5,10-12,14,18-19,22-23H,6-9,13,15-17H2,1-3H3,(H,35,36,38)/t19-/m0/s1. The molecule has 18 heteroatoms. The Morgan fingerprint density at radius 3 is 2.48 bits per heavy atom. The highest BCUT2D eigenvalue weighted by Crippen LogP contribution is 2.34. The molecule has 48 heavy (non-hydrogen) atoms. The van der Waals surface area contributed by atoms with Gasteiger partial charge in [-0.25, -0.2) is 14.6 Å². The number of alkyl halides is 3. The minimum Gasteiger partial charge on any atom is -0.487 e. The van der Waals surface area contributed by atoms with Gasteiger partial charge in [0.15, 0.2) is 12.4 Å². The first-order valence-corrected chi connectivity index (χ1v) is 15.9. The zero-order chi connectivity index (χ0) is 33.9. The van der Waals surface area contributed by atoms with Crippen molar-refractivity contribution < 1.29 is 32.1 Å². The second kappa shape index (κ2) is 14.2. The molecule has 258 valence electrons. The number of hydrogen-bond donors (Lipinski definition) is 1. The van der Waals surface area contributed by atoms with Crippen LogP contribution in [0.25, 0.3) is 11.1 Å². The number of hydrogen-bond acceptors (Lipinski definition) is 12. The van der Waals surface area contributed by atoms with Crippen LogP contribution in [0.2, 0.25) is 5.02 Å². The number of ether oxygens (including phenoxy) is 4. The molecule has 6 rings (SSSR count). The fourth-order valence-corrected chi connectivity index (χ4v) is 5.69. The van der Waals surface area contributed by atoms with Gasteiger partial charge < -0.3 is 24.3 Å². The molecule has 0 unspecified atom stereocenters. The van der Waals surface area contributed by atoms with Crippen LogP contribution in [0.1, 0.15) is 39.7 Å². The quantitative estimate of drug-likeness (QED) is 0.228. The zero-order valence-electron chi connectivity index (χ0n) is 26.6. The highest BCUT2D eigenvalue weighted by Gasteiger charge is 2.34. The number of nitrogens with one attached hydrogen (secondary N) is 1. The maximum Gasteiger partial charge on any atom is 0.422 e. The maximum atomic E-state index is 13.1. The summed E-state index contributed by atoms with van der Waals surface area (Å²) in [6, 6.07) is 5.41. The van der Waals surface area contributed by atoms with Crippen molar-refractivity contribution in [3.8, 4) is 22.8 Å². The molecule has 0 saturated carbocycles. The summed E-state index contributed by atoms with van der Waals surface area (Å²) in [7, 11) is 0. The normalized spacial score (nSPS) is 18.5. The fraction of sp³-hybridized carbons (Fsp3) is 0.533. The lowest BCUT2D eigenvalue weighted by Crippen LogP contribution is -2.52. The van der Waals surface area contributed by atoms with Crippen LogP contribution in [0.5, 0.6) is 11.6 Å². The lowest BCUT2D eigenvalue weighted by atomic mass is 10.0. The van der Waals surface area contributed by atoms with Crippen LogP contribution in [-0.4, -0.2) is 102 Å². The Hall–Kier alpha value is -4.06. The van der Waals surface area contributed by atoms with E-state index in [9.17, 15) is 13.2 Å². The van der Waals surface area contributed by atoms with E-state index in [1.807, 2.05) is 20.8 Å². The summed E-state index contributed by atoms with van der Waals surface area (Å²) in [6.45, 7) is 7.29. The van der Waals surface area contributed by atoms with Crippen LogP contribution in [0.4, 0.5) is 24.8 Å². The number of tetrazole rings is 1. The average molecular weight is 693 g/mol. The molecule has 2 fully saturated rings. The second-order valence-corrected chi connectivity index (χ2v) is 12.6. The summed E-state index contributed by atoms with van der Waals surface area (Å²) in [5, 5.41) is 18.9. The van der Waals surface area contributed by atoms with Crippen molar-refractivity contribution >= 4 is 23.2 Å². The first-order chi connectivity index (χ1) is 22.9. The molecule has 0 radical (unpaired) electrons. The van der Waals surface area contributed by atoms with Gasteiger partial charge in [-0.1, -0.05) is 17.7 Å². The molecule has 1 N–H and O–H groups in total. The van der Waals surface area contributed by atoms with E-state index in [2.05, 4.69) is 40.8 Å². The summed E-state index contributed by atoms with van der Waals surface area (Å²) in [4.78, 5) is 11.1. The van der Waals surface area contributed by atoms with Crippen LogP contribution in [0.15, 0.2) is 43.1 Å². The third-order valence-corrected chi connectivity index (χ3v) is 8.35. The van der Waals surface area contributed by atoms with Gasteiger partial charge >= 0.3 is 6.18 Å². The third-order valence-electron chi connectivity index (χ3n) is 8.03. The number of anilines is 2. The average Bonchev–Trinajstić information content (AvgIpc) is 3.71. The van der Waals surface area contributed by atoms with Gasteiger partial charge in [0, 0.05) is 31.0 Å². The van der Waals surface area contributed by atoms with E-state index in [1.165, 1.54) is 6.33 Å². The molecule has 0 aliphatic carbocycles. The Kier molecular flexibility index (Phi) is 10.0. The van der Waals surface area contributed by atoms with Gasteiger partial charge in [0.25, 0.3) is 5.88 Å². The van der Waals surface area contributed by atoms with E-state index in [0.29, 0.717) is 36.1 Å². The number of nitrogens with zero attached hydrogens (tertiary/aromatic N) is 9. The largest absolute Gasteiger partial charge is 0.487 e. The van der Waals surface area contributed by atoms with Crippen molar-refractivity contribution in [3.63, 3.8) is 0 Å². The molecule has 1 aromatic carbocycles. The van der Waals surface area contributed by atoms with E-state index in [0.717, 1.165) is 31.5 Å². The predicted octanol–water partition coefficient (Wildman–Crippen LogP) is 4.92. The highest BCUT2D eigenvalue weighted by molar-refractivity contribution is 6.32. The summed E-state index contributed by atoms with van der Waals surface area (Å²) in [5.41, 5.74) is 1.65. The molecule has 2 saturated heterocycles. The SMILES string of the molecule is C[C@@H](Cn1cnnn1)Oc1cc(-c2cnc(Nc3cn(C4CCN(C5COC(C)(C)OC5)CC4)nc3OCC(F)(F)F)nc2)ccc1Cl. The van der Waals surface area contributed by atoms with Crippen LogP contribution >= 0.6 is 11.6 Å². The Morgan fingerprint density at radius 1 is 1.08 bits per heavy atom.